The Bertz CT molecular complexity index is 1440. The molecule has 4 aromatic rings. The minimum Gasteiger partial charge on any atom is -0.377 e. The molecule has 33 heavy (non-hydrogen) atoms. The molecular weight excluding hydrogens is 447 g/mol. The number of hydrogen-bond acceptors (Lipinski definition) is 8. The molecule has 170 valence electrons. The second-order valence-electron chi connectivity index (χ2n) is 7.95. The first-order valence-corrected chi connectivity index (χ1v) is 12.2. The van der Waals surface area contributed by atoms with Gasteiger partial charge in [0.15, 0.2) is 20.7 Å². The van der Waals surface area contributed by atoms with Crippen LogP contribution in [-0.4, -0.2) is 65.6 Å². The molecule has 0 spiro atoms. The Morgan fingerprint density at radius 1 is 1.21 bits per heavy atom. The molecule has 4 aromatic heterocycles. The van der Waals surface area contributed by atoms with Crippen molar-refractivity contribution in [3.05, 3.63) is 48.7 Å². The van der Waals surface area contributed by atoms with Crippen LogP contribution in [0, 0.1) is 5.82 Å². The monoisotopic (exact) mass is 468 g/mol. The van der Waals surface area contributed by atoms with Gasteiger partial charge in [0.1, 0.15) is 17.0 Å². The summed E-state index contributed by atoms with van der Waals surface area (Å²) in [6.45, 7) is 3.83. The summed E-state index contributed by atoms with van der Waals surface area (Å²) in [5.41, 5.74) is 3.03. The highest BCUT2D eigenvalue weighted by atomic mass is 32.2. The van der Waals surface area contributed by atoms with Gasteiger partial charge in [0.05, 0.1) is 24.9 Å². The number of fused-ring (bicyclic) bond motifs is 1. The standard InChI is InChI=1S/C22H21FN6O3S/c1-13-12-32-8-7-29(13)19-10-16(14-9-17(23)22(25-11-14)33(2,30)31)15-3-5-24-21(20(15)27-19)18-4-6-26-28-18/h3-6,9-11,13H,7-8,12H2,1-2H3,(H,26,28)/t13-/m1/s1. The Morgan fingerprint density at radius 2 is 2.06 bits per heavy atom. The number of hydrogen-bond donors (Lipinski definition) is 1. The topological polar surface area (TPSA) is 114 Å². The zero-order valence-corrected chi connectivity index (χ0v) is 18.8. The van der Waals surface area contributed by atoms with E-state index in [1.165, 1.54) is 12.3 Å². The minimum atomic E-state index is -3.79. The first kappa shape index (κ1) is 21.4. The smallest absolute Gasteiger partial charge is 0.195 e. The second kappa shape index (κ2) is 8.16. The Labute approximate surface area is 189 Å². The fraction of sp³-hybridized carbons (Fsp3) is 0.273. The first-order valence-electron chi connectivity index (χ1n) is 10.3. The van der Waals surface area contributed by atoms with Gasteiger partial charge in [0, 0.05) is 42.3 Å². The number of aromatic amines is 1. The average Bonchev–Trinajstić information content (AvgIpc) is 3.32. The van der Waals surface area contributed by atoms with Crippen LogP contribution in [0.4, 0.5) is 10.2 Å². The van der Waals surface area contributed by atoms with E-state index in [-0.39, 0.29) is 6.04 Å². The minimum absolute atomic E-state index is 0.0892. The fourth-order valence-corrected chi connectivity index (χ4v) is 4.68. The van der Waals surface area contributed by atoms with Gasteiger partial charge in [-0.15, -0.1) is 0 Å². The summed E-state index contributed by atoms with van der Waals surface area (Å²) in [6, 6.07) is 6.76. The lowest BCUT2D eigenvalue weighted by molar-refractivity contribution is 0.0986. The van der Waals surface area contributed by atoms with Gasteiger partial charge in [-0.3, -0.25) is 10.1 Å². The molecule has 1 atom stereocenters. The number of pyridine rings is 3. The number of morpholine rings is 1. The Morgan fingerprint density at radius 3 is 2.76 bits per heavy atom. The summed E-state index contributed by atoms with van der Waals surface area (Å²) in [5, 5.41) is 7.09. The molecule has 0 bridgehead atoms. The molecule has 0 radical (unpaired) electrons. The van der Waals surface area contributed by atoms with Gasteiger partial charge in [-0.25, -0.2) is 22.8 Å². The van der Waals surface area contributed by atoms with Crippen molar-refractivity contribution in [2.24, 2.45) is 0 Å². The van der Waals surface area contributed by atoms with Gasteiger partial charge in [0.25, 0.3) is 0 Å². The summed E-state index contributed by atoms with van der Waals surface area (Å²) in [7, 11) is -3.79. The van der Waals surface area contributed by atoms with Crippen LogP contribution in [0.25, 0.3) is 33.4 Å². The van der Waals surface area contributed by atoms with Crippen molar-refractivity contribution in [1.29, 1.82) is 0 Å². The molecule has 0 unspecified atom stereocenters. The van der Waals surface area contributed by atoms with Crippen LogP contribution in [0.1, 0.15) is 6.92 Å². The predicted molar refractivity (Wildman–Crippen MR) is 121 cm³/mol. The van der Waals surface area contributed by atoms with Crippen molar-refractivity contribution in [1.82, 2.24) is 25.1 Å². The molecule has 0 amide bonds. The van der Waals surface area contributed by atoms with Crippen LogP contribution >= 0.6 is 0 Å². The molecule has 1 N–H and O–H groups in total. The number of sulfone groups is 1. The van der Waals surface area contributed by atoms with E-state index in [1.54, 1.807) is 24.5 Å². The number of ether oxygens (including phenoxy) is 1. The van der Waals surface area contributed by atoms with E-state index in [1.807, 2.05) is 13.0 Å². The number of nitrogens with one attached hydrogen (secondary N) is 1. The lowest BCUT2D eigenvalue weighted by Gasteiger charge is -2.34. The SMILES string of the molecule is C[C@@H]1COCCN1c1cc(-c2cnc(S(C)(=O)=O)c(F)c2)c2ccnc(-c3ccn[nH]3)c2n1. The zero-order valence-electron chi connectivity index (χ0n) is 18.0. The van der Waals surface area contributed by atoms with Crippen LogP contribution in [0.2, 0.25) is 0 Å². The number of halogens is 1. The van der Waals surface area contributed by atoms with Crippen molar-refractivity contribution >= 4 is 26.6 Å². The van der Waals surface area contributed by atoms with Gasteiger partial charge in [-0.05, 0) is 36.8 Å². The lowest BCUT2D eigenvalue weighted by Crippen LogP contribution is -2.44. The highest BCUT2D eigenvalue weighted by molar-refractivity contribution is 7.90. The first-order chi connectivity index (χ1) is 15.8. The maximum atomic E-state index is 14.7. The molecule has 9 nitrogen and oxygen atoms in total. The third-order valence-electron chi connectivity index (χ3n) is 5.60. The number of nitrogens with zero attached hydrogens (tertiary/aromatic N) is 5. The molecule has 1 fully saturated rings. The maximum Gasteiger partial charge on any atom is 0.195 e. The van der Waals surface area contributed by atoms with E-state index in [9.17, 15) is 12.8 Å². The Hall–Kier alpha value is -3.44. The molecule has 1 aliphatic rings. The van der Waals surface area contributed by atoms with Crippen molar-refractivity contribution in [2.75, 3.05) is 30.9 Å². The van der Waals surface area contributed by atoms with E-state index in [4.69, 9.17) is 9.72 Å². The Kier molecular flexibility index (Phi) is 5.29. The van der Waals surface area contributed by atoms with Gasteiger partial charge in [0.2, 0.25) is 0 Å². The van der Waals surface area contributed by atoms with Crippen LogP contribution < -0.4 is 4.90 Å². The third kappa shape index (κ3) is 3.93. The van der Waals surface area contributed by atoms with Crippen LogP contribution in [0.15, 0.2) is 47.9 Å². The Balaban J connectivity index is 1.77. The molecule has 5 rings (SSSR count). The van der Waals surface area contributed by atoms with E-state index in [0.717, 1.165) is 11.6 Å². The lowest BCUT2D eigenvalue weighted by atomic mass is 10.0. The predicted octanol–water partition coefficient (Wildman–Crippen LogP) is 2.85. The molecule has 0 aliphatic carbocycles. The summed E-state index contributed by atoms with van der Waals surface area (Å²) in [4.78, 5) is 15.5. The van der Waals surface area contributed by atoms with E-state index < -0.39 is 20.7 Å². The number of H-pyrrole nitrogens is 1. The van der Waals surface area contributed by atoms with Crippen molar-refractivity contribution in [2.45, 2.75) is 18.0 Å². The van der Waals surface area contributed by atoms with E-state index >= 15 is 0 Å². The normalized spacial score (nSPS) is 16.9. The van der Waals surface area contributed by atoms with Gasteiger partial charge >= 0.3 is 0 Å². The quantitative estimate of drug-likeness (QED) is 0.486. The zero-order chi connectivity index (χ0) is 23.2. The van der Waals surface area contributed by atoms with Crippen molar-refractivity contribution < 1.29 is 17.5 Å². The second-order valence-corrected chi connectivity index (χ2v) is 9.89. The van der Waals surface area contributed by atoms with Crippen LogP contribution in [0.3, 0.4) is 0 Å². The molecule has 1 saturated heterocycles. The number of anilines is 1. The third-order valence-corrected chi connectivity index (χ3v) is 6.60. The average molecular weight is 469 g/mol. The highest BCUT2D eigenvalue weighted by Gasteiger charge is 2.24. The molecule has 0 saturated carbocycles. The van der Waals surface area contributed by atoms with Crippen molar-refractivity contribution in [3.63, 3.8) is 0 Å². The molecular formula is C22H21FN6O3S. The molecule has 0 aromatic carbocycles. The summed E-state index contributed by atoms with van der Waals surface area (Å²) in [5.74, 6) is -0.209. The molecule has 5 heterocycles. The maximum absolute atomic E-state index is 14.7. The molecule has 1 aliphatic heterocycles. The van der Waals surface area contributed by atoms with Gasteiger partial charge in [-0.1, -0.05) is 0 Å². The van der Waals surface area contributed by atoms with E-state index in [0.29, 0.717) is 53.6 Å². The fourth-order valence-electron chi connectivity index (χ4n) is 4.02. The van der Waals surface area contributed by atoms with Crippen LogP contribution in [-0.2, 0) is 14.6 Å². The molecule has 11 heteroatoms. The number of aromatic nitrogens is 5. The highest BCUT2D eigenvalue weighted by Crippen LogP contribution is 2.36. The summed E-state index contributed by atoms with van der Waals surface area (Å²) in [6.07, 6.45) is 5.58. The van der Waals surface area contributed by atoms with Gasteiger partial charge in [-0.2, -0.15) is 5.10 Å². The summed E-state index contributed by atoms with van der Waals surface area (Å²) < 4.78 is 44.0. The van der Waals surface area contributed by atoms with E-state index in [2.05, 4.69) is 25.1 Å². The van der Waals surface area contributed by atoms with Crippen molar-refractivity contribution in [3.8, 4) is 22.5 Å². The largest absolute Gasteiger partial charge is 0.377 e. The summed E-state index contributed by atoms with van der Waals surface area (Å²) >= 11 is 0. The number of rotatable bonds is 4. The van der Waals surface area contributed by atoms with Gasteiger partial charge < -0.3 is 9.64 Å². The van der Waals surface area contributed by atoms with Crippen LogP contribution in [0.5, 0.6) is 0 Å².